The summed E-state index contributed by atoms with van der Waals surface area (Å²) in [6, 6.07) is 3.58. The molecule has 1 unspecified atom stereocenters. The van der Waals surface area contributed by atoms with Crippen LogP contribution in [0.3, 0.4) is 0 Å². The number of aromatic nitrogens is 1. The monoisotopic (exact) mass is 337 g/mol. The van der Waals surface area contributed by atoms with Gasteiger partial charge in [0.05, 0.1) is 29.5 Å². The number of hydrogen-bond donors (Lipinski definition) is 0. The van der Waals surface area contributed by atoms with Gasteiger partial charge in [0, 0.05) is 5.56 Å². The Bertz CT molecular complexity index is 885. The number of carbonyl (C=O) groups excluding carboxylic acids is 1. The maximum Gasteiger partial charge on any atom is 0.339 e. The zero-order chi connectivity index (χ0) is 18.1. The number of esters is 1. The number of nitrogens with zero attached hydrogens (tertiary/aromatic N) is 1. The molecule has 5 heteroatoms. The van der Waals surface area contributed by atoms with Gasteiger partial charge in [0.2, 0.25) is 0 Å². The fraction of sp³-hybridized carbons (Fsp3) is 0.200. The van der Waals surface area contributed by atoms with Gasteiger partial charge in [-0.1, -0.05) is 36.5 Å². The molecule has 0 N–H and O–H groups in total. The lowest BCUT2D eigenvalue weighted by molar-refractivity contribution is 0.0453. The fourth-order valence-corrected chi connectivity index (χ4v) is 3.18. The van der Waals surface area contributed by atoms with Gasteiger partial charge in [0.1, 0.15) is 11.5 Å². The van der Waals surface area contributed by atoms with Crippen molar-refractivity contribution in [3.05, 3.63) is 71.7 Å². The number of cyclic esters (lactones) is 1. The molecule has 3 rings (SSSR count). The summed E-state index contributed by atoms with van der Waals surface area (Å²) in [6.45, 7) is 11.2. The lowest BCUT2D eigenvalue weighted by atomic mass is 9.92. The Labute approximate surface area is 146 Å². The highest BCUT2D eigenvalue weighted by Crippen LogP contribution is 2.47. The van der Waals surface area contributed by atoms with E-state index in [-0.39, 0.29) is 5.97 Å². The van der Waals surface area contributed by atoms with Gasteiger partial charge in [-0.25, -0.2) is 4.79 Å². The van der Waals surface area contributed by atoms with Gasteiger partial charge < -0.3 is 14.0 Å². The van der Waals surface area contributed by atoms with Crippen LogP contribution >= 0.6 is 0 Å². The lowest BCUT2D eigenvalue weighted by Crippen LogP contribution is -2.03. The number of ether oxygens (including phenoxy) is 2. The third kappa shape index (κ3) is 2.58. The van der Waals surface area contributed by atoms with Crippen molar-refractivity contribution in [2.75, 3.05) is 7.11 Å². The van der Waals surface area contributed by atoms with E-state index in [0.717, 1.165) is 22.4 Å². The highest BCUT2D eigenvalue weighted by atomic mass is 16.6. The summed E-state index contributed by atoms with van der Waals surface area (Å²) >= 11 is 0. The molecule has 0 bridgehead atoms. The van der Waals surface area contributed by atoms with Crippen molar-refractivity contribution in [3.63, 3.8) is 0 Å². The minimum atomic E-state index is -0.589. The highest BCUT2D eigenvalue weighted by molar-refractivity contribution is 5.97. The summed E-state index contributed by atoms with van der Waals surface area (Å²) in [4.78, 5) is 12.3. The minimum absolute atomic E-state index is 0.388. The largest absolute Gasteiger partial charge is 0.496 e. The van der Waals surface area contributed by atoms with E-state index in [4.69, 9.17) is 14.0 Å². The number of benzene rings is 1. The topological polar surface area (TPSA) is 61.6 Å². The molecule has 1 aromatic carbocycles. The molecule has 5 nitrogen and oxygen atoms in total. The molecule has 0 saturated carbocycles. The zero-order valence-corrected chi connectivity index (χ0v) is 14.5. The first-order valence-electron chi connectivity index (χ1n) is 7.83. The Morgan fingerprint density at radius 2 is 2.00 bits per heavy atom. The zero-order valence-electron chi connectivity index (χ0n) is 14.5. The third-order valence-electron chi connectivity index (χ3n) is 4.26. The van der Waals surface area contributed by atoms with E-state index < -0.39 is 6.10 Å². The Morgan fingerprint density at radius 3 is 2.56 bits per heavy atom. The molecule has 1 aliphatic rings. The first-order valence-corrected chi connectivity index (χ1v) is 7.83. The molecular formula is C20H19NO4. The molecule has 128 valence electrons. The second kappa shape index (κ2) is 6.43. The number of methoxy groups -OCH3 is 1. The van der Waals surface area contributed by atoms with Crippen molar-refractivity contribution in [1.29, 1.82) is 0 Å². The molecule has 0 radical (unpaired) electrons. The van der Waals surface area contributed by atoms with Gasteiger partial charge in [-0.3, -0.25) is 0 Å². The van der Waals surface area contributed by atoms with Crippen molar-refractivity contribution < 1.29 is 18.8 Å². The van der Waals surface area contributed by atoms with Crippen LogP contribution in [0, 0.1) is 13.8 Å². The van der Waals surface area contributed by atoms with Gasteiger partial charge in [-0.15, -0.1) is 0 Å². The molecule has 1 atom stereocenters. The lowest BCUT2D eigenvalue weighted by Gasteiger charge is -2.17. The van der Waals surface area contributed by atoms with Crippen LogP contribution in [0.15, 0.2) is 53.6 Å². The van der Waals surface area contributed by atoms with Crippen LogP contribution < -0.4 is 4.74 Å². The Hall–Kier alpha value is -3.08. The van der Waals surface area contributed by atoms with Gasteiger partial charge in [-0.2, -0.15) is 0 Å². The third-order valence-corrected chi connectivity index (χ3v) is 4.26. The first kappa shape index (κ1) is 16.8. The predicted octanol–water partition coefficient (Wildman–Crippen LogP) is 4.48. The van der Waals surface area contributed by atoms with Crippen LogP contribution in [-0.2, 0) is 4.74 Å². The van der Waals surface area contributed by atoms with Crippen molar-refractivity contribution in [3.8, 4) is 16.9 Å². The van der Waals surface area contributed by atoms with Crippen molar-refractivity contribution in [2.45, 2.75) is 20.0 Å². The molecule has 25 heavy (non-hydrogen) atoms. The Kier molecular flexibility index (Phi) is 4.31. The van der Waals surface area contributed by atoms with E-state index in [1.807, 2.05) is 19.9 Å². The van der Waals surface area contributed by atoms with Crippen LogP contribution in [-0.4, -0.2) is 18.2 Å². The second-order valence-electron chi connectivity index (χ2n) is 5.70. The van der Waals surface area contributed by atoms with Crippen LogP contribution in [0.1, 0.15) is 33.5 Å². The quantitative estimate of drug-likeness (QED) is 0.595. The SMILES string of the molecule is C=C/C=C(\C=C)C1OC(=O)c2ccc(-c3c(C)noc3C)c(OC)c21. The van der Waals surface area contributed by atoms with Crippen LogP contribution in [0.25, 0.3) is 11.1 Å². The predicted molar refractivity (Wildman–Crippen MR) is 94.6 cm³/mol. The van der Waals surface area contributed by atoms with Crippen molar-refractivity contribution in [2.24, 2.45) is 0 Å². The van der Waals surface area contributed by atoms with Gasteiger partial charge >= 0.3 is 5.97 Å². The maximum absolute atomic E-state index is 12.3. The second-order valence-corrected chi connectivity index (χ2v) is 5.70. The van der Waals surface area contributed by atoms with E-state index in [9.17, 15) is 4.79 Å². The van der Waals surface area contributed by atoms with E-state index in [1.165, 1.54) is 0 Å². The summed E-state index contributed by atoms with van der Waals surface area (Å²) < 4.78 is 16.5. The molecule has 0 saturated heterocycles. The van der Waals surface area contributed by atoms with Gasteiger partial charge in [0.25, 0.3) is 0 Å². The summed E-state index contributed by atoms with van der Waals surface area (Å²) in [5, 5.41) is 4.01. The molecule has 2 heterocycles. The summed E-state index contributed by atoms with van der Waals surface area (Å²) in [5.74, 6) is 0.864. The van der Waals surface area contributed by atoms with Crippen molar-refractivity contribution in [1.82, 2.24) is 5.16 Å². The average Bonchev–Trinajstić information content (AvgIpc) is 3.11. The molecule has 1 aromatic heterocycles. The summed E-state index contributed by atoms with van der Waals surface area (Å²) in [6.07, 6.45) is 4.46. The van der Waals surface area contributed by atoms with E-state index in [2.05, 4.69) is 18.3 Å². The fourth-order valence-electron chi connectivity index (χ4n) is 3.18. The normalized spacial score (nSPS) is 16.4. The summed E-state index contributed by atoms with van der Waals surface area (Å²) in [5.41, 5.74) is 4.31. The van der Waals surface area contributed by atoms with Crippen LogP contribution in [0.2, 0.25) is 0 Å². The minimum Gasteiger partial charge on any atom is -0.496 e. The highest BCUT2D eigenvalue weighted by Gasteiger charge is 2.37. The molecule has 2 aromatic rings. The number of allylic oxidation sites excluding steroid dienone is 2. The van der Waals surface area contributed by atoms with Crippen molar-refractivity contribution >= 4 is 5.97 Å². The Balaban J connectivity index is 2.29. The first-order chi connectivity index (χ1) is 12.0. The number of rotatable bonds is 5. The van der Waals surface area contributed by atoms with Gasteiger partial charge in [-0.05, 0) is 31.6 Å². The summed E-state index contributed by atoms with van der Waals surface area (Å²) in [7, 11) is 1.57. The molecule has 0 amide bonds. The number of aryl methyl sites for hydroxylation is 2. The van der Waals surface area contributed by atoms with Crippen LogP contribution in [0.4, 0.5) is 0 Å². The standard InChI is InChI=1S/C20H19NO4/c1-6-8-13(7-2)18-17-15(20(22)24-18)10-9-14(19(17)23-5)16-11(3)21-25-12(16)4/h6-10,18H,1-2H2,3-5H3/b13-8+. The molecule has 0 aliphatic carbocycles. The molecule has 0 spiro atoms. The molecular weight excluding hydrogens is 318 g/mol. The Morgan fingerprint density at radius 1 is 1.28 bits per heavy atom. The van der Waals surface area contributed by atoms with E-state index >= 15 is 0 Å². The number of fused-ring (bicyclic) bond motifs is 1. The molecule has 1 aliphatic heterocycles. The van der Waals surface area contributed by atoms with Crippen LogP contribution in [0.5, 0.6) is 5.75 Å². The van der Waals surface area contributed by atoms with E-state index in [1.54, 1.807) is 31.4 Å². The van der Waals surface area contributed by atoms with E-state index in [0.29, 0.717) is 22.6 Å². The average molecular weight is 337 g/mol. The van der Waals surface area contributed by atoms with Gasteiger partial charge in [0.15, 0.2) is 6.10 Å². The number of hydrogen-bond acceptors (Lipinski definition) is 5. The number of carbonyl (C=O) groups is 1. The maximum atomic E-state index is 12.3. The molecule has 0 fully saturated rings. The smallest absolute Gasteiger partial charge is 0.339 e.